The maximum absolute atomic E-state index is 4.88. The van der Waals surface area contributed by atoms with Gasteiger partial charge in [0.25, 0.3) is 0 Å². The van der Waals surface area contributed by atoms with E-state index >= 15 is 0 Å². The topological polar surface area (TPSA) is 42.2 Å². The van der Waals surface area contributed by atoms with Gasteiger partial charge in [0.2, 0.25) is 0 Å². The van der Waals surface area contributed by atoms with Gasteiger partial charge in [0.1, 0.15) is 11.5 Å². The molecule has 128 valence electrons. The monoisotopic (exact) mass is 332 g/mol. The van der Waals surface area contributed by atoms with E-state index in [1.54, 1.807) is 0 Å². The van der Waals surface area contributed by atoms with Crippen LogP contribution in [-0.2, 0) is 0 Å². The molecule has 1 unspecified atom stereocenters. The Labute approximate surface area is 148 Å². The second-order valence-electron chi connectivity index (χ2n) is 7.92. The number of rotatable bonds is 3. The number of fused-ring (bicyclic) bond motifs is 1. The van der Waals surface area contributed by atoms with Crippen LogP contribution in [0, 0.1) is 12.3 Å². The predicted octanol–water partition coefficient (Wildman–Crippen LogP) is 4.84. The van der Waals surface area contributed by atoms with Crippen LogP contribution < -0.4 is 5.32 Å². The van der Waals surface area contributed by atoms with E-state index in [2.05, 4.69) is 58.2 Å². The smallest absolute Gasteiger partial charge is 0.137 e. The van der Waals surface area contributed by atoms with Gasteiger partial charge >= 0.3 is 0 Å². The molecule has 1 spiro atoms. The highest BCUT2D eigenvalue weighted by Crippen LogP contribution is 2.53. The molecule has 1 atom stereocenters. The van der Waals surface area contributed by atoms with Gasteiger partial charge in [-0.3, -0.25) is 4.40 Å². The maximum Gasteiger partial charge on any atom is 0.137 e. The largest absolute Gasteiger partial charge is 0.367 e. The Morgan fingerprint density at radius 3 is 2.88 bits per heavy atom. The van der Waals surface area contributed by atoms with Crippen molar-refractivity contribution in [2.75, 3.05) is 5.32 Å². The van der Waals surface area contributed by atoms with Crippen molar-refractivity contribution in [3.63, 3.8) is 0 Å². The number of pyridine rings is 2. The molecule has 2 aliphatic rings. The zero-order chi connectivity index (χ0) is 16.9. The van der Waals surface area contributed by atoms with Gasteiger partial charge in [0.05, 0.1) is 17.6 Å². The average molecular weight is 332 g/mol. The lowest BCUT2D eigenvalue weighted by Crippen LogP contribution is -2.28. The second-order valence-corrected chi connectivity index (χ2v) is 7.92. The molecular weight excluding hydrogens is 308 g/mol. The summed E-state index contributed by atoms with van der Waals surface area (Å²) in [6.07, 6.45) is 12.3. The van der Waals surface area contributed by atoms with Gasteiger partial charge in [-0.2, -0.15) is 0 Å². The van der Waals surface area contributed by atoms with Gasteiger partial charge in [-0.25, -0.2) is 9.97 Å². The molecular formula is C21H24N4. The quantitative estimate of drug-likeness (QED) is 0.746. The molecule has 0 amide bonds. The lowest BCUT2D eigenvalue weighted by molar-refractivity contribution is 0.142. The van der Waals surface area contributed by atoms with Gasteiger partial charge in [-0.15, -0.1) is 0 Å². The molecule has 25 heavy (non-hydrogen) atoms. The fourth-order valence-corrected chi connectivity index (χ4v) is 4.60. The van der Waals surface area contributed by atoms with Crippen molar-refractivity contribution in [1.29, 1.82) is 0 Å². The first kappa shape index (κ1) is 14.9. The Hall–Kier alpha value is -2.36. The fourth-order valence-electron chi connectivity index (χ4n) is 4.60. The van der Waals surface area contributed by atoms with E-state index in [0.717, 1.165) is 22.9 Å². The molecule has 4 heteroatoms. The van der Waals surface area contributed by atoms with Crippen LogP contribution in [0.4, 0.5) is 5.82 Å². The van der Waals surface area contributed by atoms with Gasteiger partial charge in [0, 0.05) is 12.2 Å². The van der Waals surface area contributed by atoms with E-state index in [1.807, 2.05) is 6.20 Å². The number of nitrogens with zero attached hydrogens (tertiary/aromatic N) is 3. The van der Waals surface area contributed by atoms with Crippen molar-refractivity contribution < 1.29 is 0 Å². The minimum Gasteiger partial charge on any atom is -0.367 e. The van der Waals surface area contributed by atoms with Crippen LogP contribution in [0.2, 0.25) is 0 Å². The maximum atomic E-state index is 4.88. The van der Waals surface area contributed by atoms with Crippen LogP contribution >= 0.6 is 0 Å². The van der Waals surface area contributed by atoms with Crippen LogP contribution in [0.1, 0.15) is 44.1 Å². The minimum absolute atomic E-state index is 0.576. The van der Waals surface area contributed by atoms with Crippen LogP contribution in [0.25, 0.3) is 17.0 Å². The highest BCUT2D eigenvalue weighted by Gasteiger charge is 2.43. The van der Waals surface area contributed by atoms with Crippen LogP contribution in [0.15, 0.2) is 42.7 Å². The highest BCUT2D eigenvalue weighted by molar-refractivity contribution is 5.62. The summed E-state index contributed by atoms with van der Waals surface area (Å²) in [5.41, 5.74) is 4.86. The molecule has 5 rings (SSSR count). The van der Waals surface area contributed by atoms with Crippen molar-refractivity contribution in [2.45, 2.75) is 51.5 Å². The third kappa shape index (κ3) is 2.60. The molecule has 0 aromatic carbocycles. The third-order valence-electron chi connectivity index (χ3n) is 6.13. The van der Waals surface area contributed by atoms with Gasteiger partial charge in [0.15, 0.2) is 0 Å². The first-order valence-corrected chi connectivity index (χ1v) is 9.39. The van der Waals surface area contributed by atoms with Crippen molar-refractivity contribution in [3.8, 4) is 11.4 Å². The Morgan fingerprint density at radius 2 is 2.08 bits per heavy atom. The molecule has 2 aliphatic carbocycles. The molecule has 0 radical (unpaired) electrons. The third-order valence-corrected chi connectivity index (χ3v) is 6.13. The summed E-state index contributed by atoms with van der Waals surface area (Å²) in [6.45, 7) is 2.10. The van der Waals surface area contributed by atoms with Crippen molar-refractivity contribution in [1.82, 2.24) is 14.4 Å². The molecule has 4 nitrogen and oxygen atoms in total. The molecule has 3 aromatic rings. The molecule has 3 heterocycles. The summed E-state index contributed by atoms with van der Waals surface area (Å²) in [7, 11) is 0. The van der Waals surface area contributed by atoms with Crippen molar-refractivity contribution >= 4 is 11.5 Å². The molecule has 2 fully saturated rings. The SMILES string of the molecule is Cc1ccc2ncc(-c3cccc(NC4CCC5(CCC5)C4)n3)n2c1. The summed E-state index contributed by atoms with van der Waals surface area (Å²) < 4.78 is 2.13. The summed E-state index contributed by atoms with van der Waals surface area (Å²) in [5, 5.41) is 3.69. The number of hydrogen-bond acceptors (Lipinski definition) is 3. The average Bonchev–Trinajstić information content (AvgIpc) is 3.19. The van der Waals surface area contributed by atoms with Crippen LogP contribution in [0.5, 0.6) is 0 Å². The molecule has 0 aliphatic heterocycles. The second kappa shape index (κ2) is 5.58. The number of aromatic nitrogens is 3. The van der Waals surface area contributed by atoms with E-state index in [-0.39, 0.29) is 0 Å². The first-order valence-electron chi connectivity index (χ1n) is 9.39. The number of nitrogens with one attached hydrogen (secondary N) is 1. The number of anilines is 1. The van der Waals surface area contributed by atoms with E-state index in [1.165, 1.54) is 44.1 Å². The summed E-state index contributed by atoms with van der Waals surface area (Å²) in [5.74, 6) is 0.987. The first-order chi connectivity index (χ1) is 12.2. The lowest BCUT2D eigenvalue weighted by Gasteiger charge is -2.38. The van der Waals surface area contributed by atoms with Crippen LogP contribution in [-0.4, -0.2) is 20.4 Å². The minimum atomic E-state index is 0.576. The molecule has 2 saturated carbocycles. The van der Waals surface area contributed by atoms with E-state index in [9.17, 15) is 0 Å². The van der Waals surface area contributed by atoms with Gasteiger partial charge < -0.3 is 5.32 Å². The van der Waals surface area contributed by atoms with Crippen molar-refractivity contribution in [3.05, 3.63) is 48.3 Å². The standard InChI is InChI=1S/C21H24N4/c1-15-6-7-20-22-13-18(25(20)14-15)17-4-2-5-19(24-17)23-16-8-11-21(12-16)9-3-10-21/h2,4-7,13-14,16H,3,8-12H2,1H3,(H,23,24). The lowest BCUT2D eigenvalue weighted by atomic mass is 9.67. The van der Waals surface area contributed by atoms with Crippen LogP contribution in [0.3, 0.4) is 0 Å². The molecule has 3 aromatic heterocycles. The normalized spacial score (nSPS) is 21.6. The Bertz CT molecular complexity index is 923. The van der Waals surface area contributed by atoms with Gasteiger partial charge in [-0.1, -0.05) is 18.6 Å². The summed E-state index contributed by atoms with van der Waals surface area (Å²) >= 11 is 0. The predicted molar refractivity (Wildman–Crippen MR) is 101 cm³/mol. The van der Waals surface area contributed by atoms with E-state index in [4.69, 9.17) is 4.98 Å². The van der Waals surface area contributed by atoms with Gasteiger partial charge in [-0.05, 0) is 68.2 Å². The molecule has 0 saturated heterocycles. The number of hydrogen-bond donors (Lipinski definition) is 1. The molecule has 1 N–H and O–H groups in total. The Kier molecular flexibility index (Phi) is 3.34. The highest BCUT2D eigenvalue weighted by atomic mass is 15.1. The summed E-state index contributed by atoms with van der Waals surface area (Å²) in [6, 6.07) is 11.0. The summed E-state index contributed by atoms with van der Waals surface area (Å²) in [4.78, 5) is 9.39. The fraction of sp³-hybridized carbons (Fsp3) is 0.429. The van der Waals surface area contributed by atoms with E-state index < -0.39 is 0 Å². The number of imidazole rings is 1. The van der Waals surface area contributed by atoms with E-state index in [0.29, 0.717) is 11.5 Å². The van der Waals surface area contributed by atoms with Crippen molar-refractivity contribution in [2.24, 2.45) is 5.41 Å². The zero-order valence-corrected chi connectivity index (χ0v) is 14.7. The molecule has 0 bridgehead atoms. The zero-order valence-electron chi connectivity index (χ0n) is 14.7. The Morgan fingerprint density at radius 1 is 1.16 bits per heavy atom. The number of aryl methyl sites for hydroxylation is 1. The Balaban J connectivity index is 1.41.